The number of hydrogen-bond donors (Lipinski definition) is 3. The molecule has 1 aromatic heterocycles. The van der Waals surface area contributed by atoms with Gasteiger partial charge in [0.05, 0.1) is 26.8 Å². The van der Waals surface area contributed by atoms with E-state index >= 15 is 0 Å². The van der Waals surface area contributed by atoms with Crippen molar-refractivity contribution in [2.45, 2.75) is 37.9 Å². The van der Waals surface area contributed by atoms with Crippen LogP contribution in [-0.2, 0) is 4.79 Å². The van der Waals surface area contributed by atoms with Crippen molar-refractivity contribution in [3.05, 3.63) is 42.0 Å². The number of carbonyl (C=O) groups excluding carboxylic acids is 1. The van der Waals surface area contributed by atoms with Gasteiger partial charge in [-0.1, -0.05) is 12.1 Å². The second kappa shape index (κ2) is 14.6. The van der Waals surface area contributed by atoms with E-state index in [9.17, 15) is 18.0 Å². The molecule has 1 fully saturated rings. The molecule has 1 amide bonds. The molecule has 0 bridgehead atoms. The van der Waals surface area contributed by atoms with Gasteiger partial charge >= 0.3 is 12.1 Å². The fourth-order valence-corrected chi connectivity index (χ4v) is 4.71. The van der Waals surface area contributed by atoms with Crippen LogP contribution in [0.4, 0.5) is 24.9 Å². The fraction of sp³-hybridized carbons (Fsp3) is 0.448. The maximum Gasteiger partial charge on any atom is 0.490 e. The third kappa shape index (κ3) is 8.75. The highest BCUT2D eigenvalue weighted by Gasteiger charge is 2.38. The molecule has 3 N–H and O–H groups in total. The number of carbonyl (C=O) groups is 2. The standard InChI is InChI=1S/C27H35N5O4.C2HF3O2/c1-32(2)25-20-8-6-7-9-21(20)30-27(31-25)29-19-12-10-17(11-13-19)16-28-26(33)18-14-22(34-3)24(36-5)23(15-18)35-4;3-2(4,5)1(6)7/h6-9,14-15,17,19H,10-13,16H2,1-5H3,(H,28,33)(H,29,30,31);(H,6,7). The van der Waals surface area contributed by atoms with Crippen LogP contribution >= 0.6 is 0 Å². The van der Waals surface area contributed by atoms with Gasteiger partial charge in [-0.3, -0.25) is 4.79 Å². The van der Waals surface area contributed by atoms with Crippen LogP contribution in [0.25, 0.3) is 10.9 Å². The molecule has 4 rings (SSSR count). The number of carboxylic acids is 1. The van der Waals surface area contributed by atoms with Crippen molar-refractivity contribution in [1.29, 1.82) is 0 Å². The van der Waals surface area contributed by atoms with Gasteiger partial charge in [-0.15, -0.1) is 0 Å². The number of hydrogen-bond acceptors (Lipinski definition) is 9. The number of alkyl halides is 3. The molecule has 0 aliphatic heterocycles. The minimum atomic E-state index is -5.08. The highest BCUT2D eigenvalue weighted by molar-refractivity contribution is 5.95. The molecule has 0 atom stereocenters. The Balaban J connectivity index is 0.000000646. The van der Waals surface area contributed by atoms with Crippen molar-refractivity contribution in [1.82, 2.24) is 15.3 Å². The number of carboxylic acid groups (broad SMARTS) is 1. The third-order valence-electron chi connectivity index (χ3n) is 6.91. The van der Waals surface area contributed by atoms with Gasteiger partial charge in [0.2, 0.25) is 11.7 Å². The van der Waals surface area contributed by atoms with Crippen LogP contribution in [0.15, 0.2) is 36.4 Å². The summed E-state index contributed by atoms with van der Waals surface area (Å²) < 4.78 is 47.8. The number of rotatable bonds is 9. The van der Waals surface area contributed by atoms with Gasteiger partial charge in [-0.05, 0) is 55.9 Å². The molecule has 0 spiro atoms. The van der Waals surface area contributed by atoms with Crippen molar-refractivity contribution in [3.8, 4) is 17.2 Å². The van der Waals surface area contributed by atoms with Crippen LogP contribution in [0.1, 0.15) is 36.0 Å². The topological polar surface area (TPSA) is 135 Å². The van der Waals surface area contributed by atoms with Gasteiger partial charge in [0.1, 0.15) is 5.82 Å². The smallest absolute Gasteiger partial charge is 0.490 e. The Labute approximate surface area is 247 Å². The van der Waals surface area contributed by atoms with E-state index in [1.807, 2.05) is 43.3 Å². The first-order chi connectivity index (χ1) is 20.4. The molecule has 3 aromatic rings. The summed E-state index contributed by atoms with van der Waals surface area (Å²) in [5.74, 6) is 0.467. The molecule has 1 saturated carbocycles. The maximum absolute atomic E-state index is 12.8. The molecule has 0 radical (unpaired) electrons. The van der Waals surface area contributed by atoms with Crippen molar-refractivity contribution < 1.29 is 42.1 Å². The fourth-order valence-electron chi connectivity index (χ4n) is 4.71. The molecule has 2 aromatic carbocycles. The molecule has 1 aliphatic carbocycles. The Morgan fingerprint density at radius 3 is 2.07 bits per heavy atom. The van der Waals surface area contributed by atoms with Gasteiger partial charge in [-0.25, -0.2) is 9.78 Å². The summed E-state index contributed by atoms with van der Waals surface area (Å²) in [5, 5.41) is 14.8. The quantitative estimate of drug-likeness (QED) is 0.313. The number of nitrogens with one attached hydrogen (secondary N) is 2. The van der Waals surface area contributed by atoms with Gasteiger partial charge in [-0.2, -0.15) is 18.2 Å². The zero-order valence-electron chi connectivity index (χ0n) is 24.6. The van der Waals surface area contributed by atoms with E-state index in [1.165, 1.54) is 14.2 Å². The molecule has 1 heterocycles. The minimum absolute atomic E-state index is 0.157. The molecule has 11 nitrogen and oxygen atoms in total. The zero-order chi connectivity index (χ0) is 31.7. The first kappa shape index (κ1) is 33.0. The highest BCUT2D eigenvalue weighted by atomic mass is 19.4. The molecule has 1 aliphatic rings. The van der Waals surface area contributed by atoms with Crippen LogP contribution in [0.5, 0.6) is 17.2 Å². The van der Waals surface area contributed by atoms with E-state index in [0.29, 0.717) is 47.3 Å². The average molecular weight is 608 g/mol. The predicted molar refractivity (Wildman–Crippen MR) is 155 cm³/mol. The number of ether oxygens (including phenoxy) is 3. The number of anilines is 2. The molecule has 14 heteroatoms. The molecule has 0 unspecified atom stereocenters. The Morgan fingerprint density at radius 2 is 1.56 bits per heavy atom. The number of halogens is 3. The number of methoxy groups -OCH3 is 3. The molecule has 43 heavy (non-hydrogen) atoms. The lowest BCUT2D eigenvalue weighted by Gasteiger charge is -2.29. The number of aliphatic carboxylic acids is 1. The summed E-state index contributed by atoms with van der Waals surface area (Å²) in [7, 11) is 8.61. The van der Waals surface area contributed by atoms with Gasteiger partial charge in [0, 0.05) is 37.6 Å². The van der Waals surface area contributed by atoms with Crippen LogP contribution < -0.4 is 29.7 Å². The van der Waals surface area contributed by atoms with Gasteiger partial charge in [0.25, 0.3) is 5.91 Å². The monoisotopic (exact) mass is 607 g/mol. The summed E-state index contributed by atoms with van der Waals surface area (Å²) in [6.07, 6.45) is -1.06. The molecule has 234 valence electrons. The average Bonchev–Trinajstić information content (AvgIpc) is 2.99. The SMILES string of the molecule is COc1cc(C(=O)NCC2CCC(Nc3nc(N(C)C)c4ccccc4n3)CC2)cc(OC)c1OC.O=C(O)C(F)(F)F. The summed E-state index contributed by atoms with van der Waals surface area (Å²) in [4.78, 5) is 33.2. The van der Waals surface area contributed by atoms with Crippen molar-refractivity contribution in [2.75, 3.05) is 52.2 Å². The normalized spacial score (nSPS) is 16.4. The maximum atomic E-state index is 12.8. The zero-order valence-corrected chi connectivity index (χ0v) is 24.6. The van der Waals surface area contributed by atoms with Crippen molar-refractivity contribution in [3.63, 3.8) is 0 Å². The Hall–Kier alpha value is -4.49. The van der Waals surface area contributed by atoms with Crippen LogP contribution in [0.2, 0.25) is 0 Å². The van der Waals surface area contributed by atoms with Gasteiger partial charge < -0.3 is 34.9 Å². The van der Waals surface area contributed by atoms with E-state index in [-0.39, 0.29) is 5.91 Å². The number of benzene rings is 2. The lowest BCUT2D eigenvalue weighted by molar-refractivity contribution is -0.192. The van der Waals surface area contributed by atoms with Crippen molar-refractivity contribution >= 4 is 34.5 Å². The summed E-state index contributed by atoms with van der Waals surface area (Å²) in [6, 6.07) is 11.7. The Morgan fingerprint density at radius 1 is 0.977 bits per heavy atom. The molecular formula is C29H36F3N5O6. The summed E-state index contributed by atoms with van der Waals surface area (Å²) in [5.41, 5.74) is 1.41. The van der Waals surface area contributed by atoms with Crippen molar-refractivity contribution in [2.24, 2.45) is 5.92 Å². The van der Waals surface area contributed by atoms with Crippen LogP contribution in [0, 0.1) is 5.92 Å². The number of nitrogens with zero attached hydrogens (tertiary/aromatic N) is 3. The largest absolute Gasteiger partial charge is 0.493 e. The lowest BCUT2D eigenvalue weighted by Crippen LogP contribution is -2.34. The molecular weight excluding hydrogens is 571 g/mol. The molecule has 0 saturated heterocycles. The van der Waals surface area contributed by atoms with E-state index in [0.717, 1.165) is 42.4 Å². The van der Waals surface area contributed by atoms with Crippen LogP contribution in [0.3, 0.4) is 0 Å². The number of aromatic nitrogens is 2. The first-order valence-electron chi connectivity index (χ1n) is 13.5. The second-order valence-corrected chi connectivity index (χ2v) is 10.1. The third-order valence-corrected chi connectivity index (χ3v) is 6.91. The van der Waals surface area contributed by atoms with E-state index < -0.39 is 12.1 Å². The highest BCUT2D eigenvalue weighted by Crippen LogP contribution is 2.38. The van der Waals surface area contributed by atoms with E-state index in [2.05, 4.69) is 10.6 Å². The number of para-hydroxylation sites is 1. The van der Waals surface area contributed by atoms with Crippen LogP contribution in [-0.4, -0.2) is 81.1 Å². The number of amides is 1. The first-order valence-corrected chi connectivity index (χ1v) is 13.5. The Bertz CT molecular complexity index is 1390. The Kier molecular flexibility index (Phi) is 11.2. The summed E-state index contributed by atoms with van der Waals surface area (Å²) >= 11 is 0. The van der Waals surface area contributed by atoms with E-state index in [1.54, 1.807) is 19.2 Å². The lowest BCUT2D eigenvalue weighted by atomic mass is 9.86. The minimum Gasteiger partial charge on any atom is -0.493 e. The van der Waals surface area contributed by atoms with Gasteiger partial charge in [0.15, 0.2) is 11.5 Å². The predicted octanol–water partition coefficient (Wildman–Crippen LogP) is 4.76. The second-order valence-electron chi connectivity index (χ2n) is 10.1. The number of fused-ring (bicyclic) bond motifs is 1. The van der Waals surface area contributed by atoms with E-state index in [4.69, 9.17) is 34.1 Å². The summed E-state index contributed by atoms with van der Waals surface area (Å²) in [6.45, 7) is 0.624.